The molecule has 108 valence electrons. The summed E-state index contributed by atoms with van der Waals surface area (Å²) in [6.45, 7) is 12.4. The Labute approximate surface area is 123 Å². The molecule has 0 bridgehead atoms. The van der Waals surface area contributed by atoms with Gasteiger partial charge in [-0.05, 0) is 42.7 Å². The van der Waals surface area contributed by atoms with Gasteiger partial charge in [-0.2, -0.15) is 11.8 Å². The van der Waals surface area contributed by atoms with E-state index in [4.69, 9.17) is 0 Å². The van der Waals surface area contributed by atoms with Crippen LogP contribution in [0.2, 0.25) is 0 Å². The van der Waals surface area contributed by atoms with E-state index in [0.29, 0.717) is 6.04 Å². The maximum atomic E-state index is 3.61. The zero-order chi connectivity index (χ0) is 14.5. The first-order valence-electron chi connectivity index (χ1n) is 7.21. The molecule has 1 aromatic carbocycles. The van der Waals surface area contributed by atoms with Crippen LogP contribution >= 0.6 is 11.8 Å². The lowest BCUT2D eigenvalue weighted by molar-refractivity contribution is 0.555. The average molecular weight is 279 g/mol. The largest absolute Gasteiger partial charge is 0.310 e. The third kappa shape index (κ3) is 5.58. The summed E-state index contributed by atoms with van der Waals surface area (Å²) in [6, 6.07) is 9.48. The Morgan fingerprint density at radius 1 is 1.11 bits per heavy atom. The standard InChI is InChI=1S/C17H29NS/c1-13(19-6)11-12-18-14(2)15-7-9-16(10-8-15)17(3,4)5/h7-10,13-14,18H,11-12H2,1-6H3. The van der Waals surface area contributed by atoms with E-state index in [2.05, 4.69) is 70.5 Å². The topological polar surface area (TPSA) is 12.0 Å². The highest BCUT2D eigenvalue weighted by atomic mass is 32.2. The van der Waals surface area contributed by atoms with Gasteiger partial charge in [-0.3, -0.25) is 0 Å². The van der Waals surface area contributed by atoms with Crippen LogP contribution < -0.4 is 5.32 Å². The van der Waals surface area contributed by atoms with Crippen LogP contribution in [0.4, 0.5) is 0 Å². The molecule has 19 heavy (non-hydrogen) atoms. The van der Waals surface area contributed by atoms with Crippen molar-refractivity contribution in [2.45, 2.75) is 57.7 Å². The second kappa shape index (κ2) is 7.35. The van der Waals surface area contributed by atoms with Crippen LogP contribution in [0.3, 0.4) is 0 Å². The molecule has 1 nitrogen and oxygen atoms in total. The molecule has 0 saturated carbocycles. The third-order valence-corrected chi connectivity index (χ3v) is 4.72. The van der Waals surface area contributed by atoms with Crippen LogP contribution in [0.5, 0.6) is 0 Å². The molecule has 0 spiro atoms. The van der Waals surface area contributed by atoms with E-state index in [1.165, 1.54) is 17.5 Å². The van der Waals surface area contributed by atoms with Gasteiger partial charge in [0.05, 0.1) is 0 Å². The summed E-state index contributed by atoms with van der Waals surface area (Å²) in [5.41, 5.74) is 3.02. The Morgan fingerprint density at radius 2 is 1.68 bits per heavy atom. The lowest BCUT2D eigenvalue weighted by Gasteiger charge is -2.21. The van der Waals surface area contributed by atoms with E-state index < -0.39 is 0 Å². The van der Waals surface area contributed by atoms with Gasteiger partial charge in [0.1, 0.15) is 0 Å². The van der Waals surface area contributed by atoms with Gasteiger partial charge < -0.3 is 5.32 Å². The van der Waals surface area contributed by atoms with Crippen molar-refractivity contribution in [1.82, 2.24) is 5.32 Å². The summed E-state index contributed by atoms with van der Waals surface area (Å²) in [4.78, 5) is 0. The first-order valence-corrected chi connectivity index (χ1v) is 8.50. The number of benzene rings is 1. The van der Waals surface area contributed by atoms with Gasteiger partial charge in [0.2, 0.25) is 0 Å². The molecule has 1 N–H and O–H groups in total. The minimum atomic E-state index is 0.239. The van der Waals surface area contributed by atoms with Crippen molar-refractivity contribution in [3.63, 3.8) is 0 Å². The van der Waals surface area contributed by atoms with Crippen LogP contribution in [0.1, 0.15) is 58.2 Å². The van der Waals surface area contributed by atoms with Gasteiger partial charge in [-0.1, -0.05) is 52.0 Å². The Hall–Kier alpha value is -0.470. The fraction of sp³-hybridized carbons (Fsp3) is 0.647. The summed E-state index contributed by atoms with van der Waals surface area (Å²) in [6.07, 6.45) is 3.41. The first kappa shape index (κ1) is 16.6. The molecular weight excluding hydrogens is 250 g/mol. The van der Waals surface area contributed by atoms with Gasteiger partial charge in [-0.25, -0.2) is 0 Å². The Morgan fingerprint density at radius 3 is 2.16 bits per heavy atom. The monoisotopic (exact) mass is 279 g/mol. The predicted octanol–water partition coefficient (Wildman–Crippen LogP) is 4.78. The van der Waals surface area contributed by atoms with Gasteiger partial charge in [0.15, 0.2) is 0 Å². The molecule has 0 saturated heterocycles. The summed E-state index contributed by atoms with van der Waals surface area (Å²) >= 11 is 1.94. The average Bonchev–Trinajstić information content (AvgIpc) is 2.37. The Bertz CT molecular complexity index is 364. The molecule has 2 atom stereocenters. The van der Waals surface area contributed by atoms with E-state index >= 15 is 0 Å². The lowest BCUT2D eigenvalue weighted by Crippen LogP contribution is -2.22. The zero-order valence-electron chi connectivity index (χ0n) is 13.3. The molecule has 0 aliphatic carbocycles. The molecule has 0 amide bonds. The zero-order valence-corrected chi connectivity index (χ0v) is 14.1. The van der Waals surface area contributed by atoms with Crippen molar-refractivity contribution in [3.8, 4) is 0 Å². The van der Waals surface area contributed by atoms with E-state index in [1.54, 1.807) is 0 Å². The van der Waals surface area contributed by atoms with Gasteiger partial charge >= 0.3 is 0 Å². The van der Waals surface area contributed by atoms with E-state index in [0.717, 1.165) is 11.8 Å². The van der Waals surface area contributed by atoms with Crippen LogP contribution in [-0.2, 0) is 5.41 Å². The summed E-state index contributed by atoms with van der Waals surface area (Å²) in [5, 5.41) is 4.35. The van der Waals surface area contributed by atoms with Gasteiger partial charge in [0.25, 0.3) is 0 Å². The molecule has 1 aromatic rings. The maximum absolute atomic E-state index is 3.61. The fourth-order valence-corrected chi connectivity index (χ4v) is 2.36. The van der Waals surface area contributed by atoms with Crippen LogP contribution in [0.15, 0.2) is 24.3 Å². The van der Waals surface area contributed by atoms with Crippen molar-refractivity contribution in [2.24, 2.45) is 0 Å². The van der Waals surface area contributed by atoms with Gasteiger partial charge in [-0.15, -0.1) is 0 Å². The predicted molar refractivity (Wildman–Crippen MR) is 89.2 cm³/mol. The highest BCUT2D eigenvalue weighted by Crippen LogP contribution is 2.23. The smallest absolute Gasteiger partial charge is 0.0291 e. The Kier molecular flexibility index (Phi) is 6.41. The molecule has 2 unspecified atom stereocenters. The molecule has 0 fully saturated rings. The molecule has 0 aromatic heterocycles. The first-order chi connectivity index (χ1) is 8.84. The van der Waals surface area contributed by atoms with Crippen LogP contribution in [0.25, 0.3) is 0 Å². The number of hydrogen-bond donors (Lipinski definition) is 1. The number of hydrogen-bond acceptors (Lipinski definition) is 2. The fourth-order valence-electron chi connectivity index (χ4n) is 2.01. The van der Waals surface area contributed by atoms with E-state index in [-0.39, 0.29) is 5.41 Å². The molecular formula is C17H29NS. The number of thioether (sulfide) groups is 1. The van der Waals surface area contributed by atoms with Crippen molar-refractivity contribution < 1.29 is 0 Å². The number of nitrogens with one attached hydrogen (secondary N) is 1. The lowest BCUT2D eigenvalue weighted by atomic mass is 9.86. The molecule has 0 heterocycles. The second-order valence-electron chi connectivity index (χ2n) is 6.38. The highest BCUT2D eigenvalue weighted by Gasteiger charge is 2.13. The van der Waals surface area contributed by atoms with Crippen LogP contribution in [0, 0.1) is 0 Å². The molecule has 2 heteroatoms. The minimum absolute atomic E-state index is 0.239. The summed E-state index contributed by atoms with van der Waals surface area (Å²) in [5.74, 6) is 0. The highest BCUT2D eigenvalue weighted by molar-refractivity contribution is 7.99. The summed E-state index contributed by atoms with van der Waals surface area (Å²) < 4.78 is 0. The van der Waals surface area contributed by atoms with Crippen molar-refractivity contribution in [1.29, 1.82) is 0 Å². The van der Waals surface area contributed by atoms with Gasteiger partial charge in [0, 0.05) is 11.3 Å². The third-order valence-electron chi connectivity index (χ3n) is 3.68. The SMILES string of the molecule is CSC(C)CCNC(C)c1ccc(C(C)(C)C)cc1. The van der Waals surface area contributed by atoms with Crippen LogP contribution in [-0.4, -0.2) is 18.1 Å². The molecule has 1 rings (SSSR count). The van der Waals surface area contributed by atoms with Crippen molar-refractivity contribution in [2.75, 3.05) is 12.8 Å². The molecule has 0 aliphatic rings. The summed E-state index contributed by atoms with van der Waals surface area (Å²) in [7, 11) is 0. The Balaban J connectivity index is 2.51. The van der Waals surface area contributed by atoms with Crippen molar-refractivity contribution >= 4 is 11.8 Å². The quantitative estimate of drug-likeness (QED) is 0.804. The second-order valence-corrected chi connectivity index (χ2v) is 7.66. The normalized spacial score (nSPS) is 15.3. The van der Waals surface area contributed by atoms with E-state index in [9.17, 15) is 0 Å². The van der Waals surface area contributed by atoms with E-state index in [1.807, 2.05) is 11.8 Å². The molecule has 0 radical (unpaired) electrons. The number of rotatable bonds is 6. The maximum Gasteiger partial charge on any atom is 0.0291 e. The molecule has 0 aliphatic heterocycles. The van der Waals surface area contributed by atoms with Crippen molar-refractivity contribution in [3.05, 3.63) is 35.4 Å². The minimum Gasteiger partial charge on any atom is -0.310 e.